The first-order chi connectivity index (χ1) is 18.0. The number of para-hydroxylation sites is 2. The number of aromatic nitrogens is 2. The molecule has 1 aromatic heterocycles. The molecule has 7 rings (SSSR count). The Morgan fingerprint density at radius 3 is 2.32 bits per heavy atom. The van der Waals surface area contributed by atoms with Crippen LogP contribution in [0.5, 0.6) is 0 Å². The molecule has 5 aliphatic rings. The number of piperidine rings is 2. The van der Waals surface area contributed by atoms with Crippen LogP contribution < -0.4 is 16.3 Å². The molecule has 2 aliphatic carbocycles. The van der Waals surface area contributed by atoms with Gasteiger partial charge in [0.2, 0.25) is 0 Å². The minimum absolute atomic E-state index is 0.364. The van der Waals surface area contributed by atoms with E-state index in [2.05, 4.69) is 26.9 Å². The van der Waals surface area contributed by atoms with E-state index in [0.717, 1.165) is 48.3 Å². The van der Waals surface area contributed by atoms with Gasteiger partial charge in [-0.2, -0.15) is 4.98 Å². The normalized spacial score (nSPS) is 33.5. The molecule has 2 saturated carbocycles. The highest BCUT2D eigenvalue weighted by atomic mass is 19.1. The standard InChI is InChI=1S/C29H37FN6O/c30-24-16-35(29(37)33-28(24)31)27-17-34(26-10-2-1-9-25(26)32-27)22-14-20-7-4-8-21(15-22)36(20)23-12-18-5-3-6-19(11-18)13-23/h1-2,9-10,16,18-23H,3-8,11-15,17H2,(H2,31,33,37). The Kier molecular flexibility index (Phi) is 5.83. The number of hydrogen-bond acceptors (Lipinski definition) is 6. The highest BCUT2D eigenvalue weighted by molar-refractivity contribution is 5.96. The molecule has 8 heteroatoms. The lowest BCUT2D eigenvalue weighted by Crippen LogP contribution is -2.62. The summed E-state index contributed by atoms with van der Waals surface area (Å²) in [5.74, 6) is 1.31. The van der Waals surface area contributed by atoms with Crippen LogP contribution in [0.4, 0.5) is 21.6 Å². The van der Waals surface area contributed by atoms with Gasteiger partial charge in [-0.3, -0.25) is 9.47 Å². The number of rotatable bonds is 2. The van der Waals surface area contributed by atoms with Gasteiger partial charge in [0.25, 0.3) is 0 Å². The van der Waals surface area contributed by atoms with Crippen molar-refractivity contribution >= 4 is 23.0 Å². The molecule has 2 aromatic rings. The third kappa shape index (κ3) is 4.17. The Hall–Kier alpha value is -2.74. The summed E-state index contributed by atoms with van der Waals surface area (Å²) in [6.45, 7) is 0.458. The predicted molar refractivity (Wildman–Crippen MR) is 144 cm³/mol. The molecule has 4 bridgehead atoms. The maximum atomic E-state index is 14.3. The fraction of sp³-hybridized carbons (Fsp3) is 0.621. The molecule has 3 aliphatic heterocycles. The van der Waals surface area contributed by atoms with Gasteiger partial charge < -0.3 is 10.6 Å². The number of nitrogens with zero attached hydrogens (tertiary/aromatic N) is 5. The summed E-state index contributed by atoms with van der Waals surface area (Å²) in [6.07, 6.45) is 15.9. The van der Waals surface area contributed by atoms with Crippen LogP contribution in [0.15, 0.2) is 40.2 Å². The average molecular weight is 505 g/mol. The maximum Gasteiger partial charge on any atom is 0.355 e. The number of anilines is 2. The number of fused-ring (bicyclic) bond motifs is 5. The largest absolute Gasteiger partial charge is 0.381 e. The molecular formula is C29H37FN6O. The molecule has 4 unspecified atom stereocenters. The summed E-state index contributed by atoms with van der Waals surface area (Å²) >= 11 is 0. The lowest BCUT2D eigenvalue weighted by Gasteiger charge is -2.57. The van der Waals surface area contributed by atoms with E-state index in [4.69, 9.17) is 10.7 Å². The van der Waals surface area contributed by atoms with Crippen molar-refractivity contribution in [1.82, 2.24) is 14.5 Å². The van der Waals surface area contributed by atoms with Gasteiger partial charge in [-0.25, -0.2) is 14.2 Å². The molecule has 37 heavy (non-hydrogen) atoms. The highest BCUT2D eigenvalue weighted by Gasteiger charge is 2.46. The SMILES string of the molecule is Nc1nc(=O)n(C2=Nc3ccccc3N(C3CC4CCCC(C3)N4C3CC4CCCC(C4)C3)C2)cc1F. The van der Waals surface area contributed by atoms with E-state index < -0.39 is 11.5 Å². The van der Waals surface area contributed by atoms with Crippen molar-refractivity contribution in [1.29, 1.82) is 0 Å². The van der Waals surface area contributed by atoms with Crippen molar-refractivity contribution in [2.45, 2.75) is 94.8 Å². The summed E-state index contributed by atoms with van der Waals surface area (Å²) in [5.41, 5.74) is 6.87. The third-order valence-electron chi connectivity index (χ3n) is 9.91. The molecule has 1 aromatic carbocycles. The van der Waals surface area contributed by atoms with Crippen molar-refractivity contribution < 1.29 is 4.39 Å². The topological polar surface area (TPSA) is 79.7 Å². The van der Waals surface area contributed by atoms with E-state index in [9.17, 15) is 9.18 Å². The molecule has 196 valence electrons. The molecule has 0 spiro atoms. The van der Waals surface area contributed by atoms with Crippen molar-refractivity contribution in [3.63, 3.8) is 0 Å². The Morgan fingerprint density at radius 2 is 1.57 bits per heavy atom. The lowest BCUT2D eigenvalue weighted by atomic mass is 9.68. The summed E-state index contributed by atoms with van der Waals surface area (Å²) in [5, 5.41) is 0. The number of nitrogen functional groups attached to an aromatic ring is 1. The monoisotopic (exact) mass is 504 g/mol. The van der Waals surface area contributed by atoms with E-state index >= 15 is 0 Å². The number of aliphatic imine (C=N–C) groups is 1. The van der Waals surface area contributed by atoms with Crippen LogP contribution in [0.1, 0.15) is 70.6 Å². The number of benzene rings is 1. The quantitative estimate of drug-likeness (QED) is 0.640. The van der Waals surface area contributed by atoms with Crippen LogP contribution in [0.2, 0.25) is 0 Å². The Morgan fingerprint density at radius 1 is 0.865 bits per heavy atom. The molecule has 2 N–H and O–H groups in total. The van der Waals surface area contributed by atoms with E-state index in [1.807, 2.05) is 12.1 Å². The molecule has 0 radical (unpaired) electrons. The maximum absolute atomic E-state index is 14.3. The van der Waals surface area contributed by atoms with Crippen molar-refractivity contribution in [3.05, 3.63) is 46.8 Å². The van der Waals surface area contributed by atoms with Crippen LogP contribution >= 0.6 is 0 Å². The van der Waals surface area contributed by atoms with Gasteiger partial charge in [0.15, 0.2) is 11.6 Å². The van der Waals surface area contributed by atoms with Crippen molar-refractivity contribution in [3.8, 4) is 0 Å². The molecule has 0 amide bonds. The third-order valence-corrected chi connectivity index (χ3v) is 9.91. The van der Waals surface area contributed by atoms with Crippen LogP contribution in [0, 0.1) is 17.7 Å². The van der Waals surface area contributed by atoms with Crippen LogP contribution in [-0.4, -0.2) is 51.0 Å². The van der Waals surface area contributed by atoms with Gasteiger partial charge >= 0.3 is 5.69 Å². The Balaban J connectivity index is 1.18. The van der Waals surface area contributed by atoms with Gasteiger partial charge in [0.1, 0.15) is 5.84 Å². The fourth-order valence-corrected chi connectivity index (χ4v) is 8.48. The van der Waals surface area contributed by atoms with Gasteiger partial charge in [-0.1, -0.05) is 37.8 Å². The second kappa shape index (κ2) is 9.22. The van der Waals surface area contributed by atoms with Crippen molar-refractivity contribution in [2.75, 3.05) is 17.2 Å². The van der Waals surface area contributed by atoms with Crippen LogP contribution in [0.3, 0.4) is 0 Å². The summed E-state index contributed by atoms with van der Waals surface area (Å²) < 4.78 is 15.5. The minimum atomic E-state index is -0.701. The van der Waals surface area contributed by atoms with E-state index in [1.54, 1.807) is 0 Å². The average Bonchev–Trinajstić information content (AvgIpc) is 2.89. The highest BCUT2D eigenvalue weighted by Crippen LogP contribution is 2.47. The summed E-state index contributed by atoms with van der Waals surface area (Å²) in [6, 6.07) is 10.5. The molecule has 4 heterocycles. The van der Waals surface area contributed by atoms with Crippen molar-refractivity contribution in [2.24, 2.45) is 16.8 Å². The number of nitrogens with two attached hydrogens (primary N) is 1. The first kappa shape index (κ1) is 23.4. The van der Waals surface area contributed by atoms with Crippen LogP contribution in [-0.2, 0) is 0 Å². The zero-order valence-electron chi connectivity index (χ0n) is 21.4. The predicted octanol–water partition coefficient (Wildman–Crippen LogP) is 4.72. The smallest absolute Gasteiger partial charge is 0.355 e. The molecule has 4 fully saturated rings. The van der Waals surface area contributed by atoms with E-state index in [1.165, 1.54) is 62.4 Å². The second-order valence-electron chi connectivity index (χ2n) is 12.1. The first-order valence-electron chi connectivity index (χ1n) is 14.3. The number of hydrogen-bond donors (Lipinski definition) is 1. The Labute approximate surface area is 217 Å². The van der Waals surface area contributed by atoms with Gasteiger partial charge in [-0.15, -0.1) is 0 Å². The Bertz CT molecular complexity index is 1250. The first-order valence-corrected chi connectivity index (χ1v) is 14.3. The second-order valence-corrected chi connectivity index (χ2v) is 12.1. The summed E-state index contributed by atoms with van der Waals surface area (Å²) in [4.78, 5) is 26.5. The minimum Gasteiger partial charge on any atom is -0.381 e. The molecule has 7 nitrogen and oxygen atoms in total. The zero-order valence-corrected chi connectivity index (χ0v) is 21.4. The lowest BCUT2D eigenvalue weighted by molar-refractivity contribution is -0.0407. The number of halogens is 1. The molecule has 4 atom stereocenters. The fourth-order valence-electron chi connectivity index (χ4n) is 8.48. The van der Waals surface area contributed by atoms with Crippen LogP contribution in [0.25, 0.3) is 0 Å². The van der Waals surface area contributed by atoms with E-state index in [0.29, 0.717) is 30.5 Å². The van der Waals surface area contributed by atoms with Gasteiger partial charge in [0, 0.05) is 24.2 Å². The summed E-state index contributed by atoms with van der Waals surface area (Å²) in [7, 11) is 0. The molecular weight excluding hydrogens is 467 g/mol. The van der Waals surface area contributed by atoms with Gasteiger partial charge in [-0.05, 0) is 68.9 Å². The molecule has 2 saturated heterocycles. The van der Waals surface area contributed by atoms with E-state index in [-0.39, 0.29) is 5.82 Å². The van der Waals surface area contributed by atoms with Gasteiger partial charge in [0.05, 0.1) is 24.1 Å². The zero-order chi connectivity index (χ0) is 25.1.